The van der Waals surface area contributed by atoms with Crippen molar-refractivity contribution in [1.82, 2.24) is 9.80 Å². The standard InChI is InChI=1S/C42H43N3O5/c1-3-11-27-14-10-17-32(37(27)46)36-30-18-19-31-35(33(30)24-34-39(48)45(41(50)42(34,36)2)28-15-8-5-9-16-28)40(49)44(38(31)47)29-20-22-43(23-21-29)25-26-12-6-4-7-13-26/h3-10,12-18,29,31,33-36,46H,1,11,19-25H2,2H3. The molecule has 1 saturated carbocycles. The van der Waals surface area contributed by atoms with Gasteiger partial charge < -0.3 is 5.11 Å². The molecule has 6 unspecified atom stereocenters. The van der Waals surface area contributed by atoms with Crippen LogP contribution in [0.15, 0.2) is 103 Å². The average Bonchev–Trinajstić information content (AvgIpc) is 3.50. The van der Waals surface area contributed by atoms with E-state index >= 15 is 0 Å². The first-order valence-electron chi connectivity index (χ1n) is 17.9. The number of hydrogen-bond donors (Lipinski definition) is 1. The van der Waals surface area contributed by atoms with Crippen molar-refractivity contribution >= 4 is 29.3 Å². The number of benzene rings is 3. The highest BCUT2D eigenvalue weighted by molar-refractivity contribution is 6.24. The lowest BCUT2D eigenvalue weighted by molar-refractivity contribution is -0.144. The number of rotatable bonds is 7. The number of hydrogen-bond acceptors (Lipinski definition) is 6. The molecule has 6 atom stereocenters. The Labute approximate surface area is 293 Å². The fraction of sp³-hybridized carbons (Fsp3) is 0.381. The van der Waals surface area contributed by atoms with E-state index in [1.165, 1.54) is 10.5 Å². The molecule has 0 radical (unpaired) electrons. The van der Waals surface area contributed by atoms with E-state index in [-0.39, 0.29) is 35.4 Å². The van der Waals surface area contributed by atoms with E-state index in [0.29, 0.717) is 36.1 Å². The van der Waals surface area contributed by atoms with Crippen LogP contribution in [0.3, 0.4) is 0 Å². The Bertz CT molecular complexity index is 1900. The van der Waals surface area contributed by atoms with Crippen LogP contribution in [0.5, 0.6) is 5.75 Å². The van der Waals surface area contributed by atoms with Gasteiger partial charge >= 0.3 is 0 Å². The minimum Gasteiger partial charge on any atom is -0.507 e. The van der Waals surface area contributed by atoms with Gasteiger partial charge in [0.2, 0.25) is 23.6 Å². The van der Waals surface area contributed by atoms with Gasteiger partial charge in [-0.15, -0.1) is 6.58 Å². The summed E-state index contributed by atoms with van der Waals surface area (Å²) in [7, 11) is 0. The van der Waals surface area contributed by atoms with Crippen LogP contribution in [0.1, 0.15) is 55.2 Å². The minimum absolute atomic E-state index is 0.0807. The first-order valence-corrected chi connectivity index (χ1v) is 17.9. The molecular formula is C42H43N3O5. The normalized spacial score (nSPS) is 29.9. The minimum atomic E-state index is -1.21. The summed E-state index contributed by atoms with van der Waals surface area (Å²) in [6.07, 6.45) is 6.35. The van der Waals surface area contributed by atoms with Crippen LogP contribution >= 0.6 is 0 Å². The van der Waals surface area contributed by atoms with Gasteiger partial charge in [-0.1, -0.05) is 84.5 Å². The average molecular weight is 670 g/mol. The van der Waals surface area contributed by atoms with E-state index in [4.69, 9.17) is 0 Å². The number of allylic oxidation sites excluding steroid dienone is 3. The molecule has 1 N–H and O–H groups in total. The Hall–Kier alpha value is -4.82. The molecule has 8 heteroatoms. The molecule has 256 valence electrons. The lowest BCUT2D eigenvalue weighted by atomic mass is 9.51. The molecule has 8 rings (SSSR count). The van der Waals surface area contributed by atoms with Crippen LogP contribution in [-0.4, -0.2) is 57.7 Å². The smallest absolute Gasteiger partial charge is 0.241 e. The van der Waals surface area contributed by atoms with Gasteiger partial charge in [-0.25, -0.2) is 4.90 Å². The molecule has 3 saturated heterocycles. The molecule has 0 bridgehead atoms. The zero-order valence-electron chi connectivity index (χ0n) is 28.4. The van der Waals surface area contributed by atoms with Crippen molar-refractivity contribution in [2.45, 2.75) is 57.5 Å². The number of piperidine rings is 1. The summed E-state index contributed by atoms with van der Waals surface area (Å²) < 4.78 is 0. The number of nitrogens with zero attached hydrogens (tertiary/aromatic N) is 3. The molecule has 3 aliphatic heterocycles. The summed E-state index contributed by atoms with van der Waals surface area (Å²) in [5.74, 6) is -3.69. The lowest BCUT2D eigenvalue weighted by Crippen LogP contribution is -2.49. The summed E-state index contributed by atoms with van der Waals surface area (Å²) in [6, 6.07) is 24.7. The molecular weight excluding hydrogens is 626 g/mol. The molecule has 0 spiro atoms. The van der Waals surface area contributed by atoms with E-state index in [9.17, 15) is 24.3 Å². The predicted molar refractivity (Wildman–Crippen MR) is 190 cm³/mol. The van der Waals surface area contributed by atoms with E-state index in [1.807, 2.05) is 49.4 Å². The first kappa shape index (κ1) is 32.4. The fourth-order valence-corrected chi connectivity index (χ4v) is 9.91. The number of imide groups is 2. The van der Waals surface area contributed by atoms with Gasteiger partial charge in [0.05, 0.1) is 28.9 Å². The SMILES string of the molecule is C=CCc1cccc(C2C3=CCC4C(=O)N(C5CCN(Cc6ccccc6)CC5)C(=O)C4C3CC3C(=O)N(c4ccccc4)C(=O)C32C)c1O. The third kappa shape index (κ3) is 4.90. The van der Waals surface area contributed by atoms with Crippen molar-refractivity contribution in [3.63, 3.8) is 0 Å². The van der Waals surface area contributed by atoms with Crippen LogP contribution in [0.2, 0.25) is 0 Å². The molecule has 3 heterocycles. The second kappa shape index (κ2) is 12.5. The lowest BCUT2D eigenvalue weighted by Gasteiger charge is -2.49. The van der Waals surface area contributed by atoms with Crippen molar-refractivity contribution < 1.29 is 24.3 Å². The largest absolute Gasteiger partial charge is 0.507 e. The molecule has 4 amide bonds. The third-order valence-corrected chi connectivity index (χ3v) is 12.3. The molecule has 2 aliphatic carbocycles. The number of phenols is 1. The number of likely N-dealkylation sites (tertiary alicyclic amines) is 2. The summed E-state index contributed by atoms with van der Waals surface area (Å²) in [6.45, 7) is 8.14. The number of phenolic OH excluding ortho intramolecular Hbond substituents is 1. The second-order valence-electron chi connectivity index (χ2n) is 14.9. The van der Waals surface area contributed by atoms with E-state index < -0.39 is 35.0 Å². The molecule has 5 aliphatic rings. The van der Waals surface area contributed by atoms with Crippen LogP contribution in [0.4, 0.5) is 5.69 Å². The predicted octanol–water partition coefficient (Wildman–Crippen LogP) is 6.02. The van der Waals surface area contributed by atoms with Gasteiger partial charge in [-0.2, -0.15) is 0 Å². The van der Waals surface area contributed by atoms with Crippen molar-refractivity contribution in [1.29, 1.82) is 0 Å². The molecule has 3 aromatic carbocycles. The van der Waals surface area contributed by atoms with E-state index in [2.05, 4.69) is 29.7 Å². The first-order chi connectivity index (χ1) is 24.2. The van der Waals surface area contributed by atoms with Gasteiger partial charge in [-0.3, -0.25) is 29.0 Å². The van der Waals surface area contributed by atoms with Crippen molar-refractivity contribution in [3.8, 4) is 5.75 Å². The topological polar surface area (TPSA) is 98.2 Å². The van der Waals surface area contributed by atoms with Gasteiger partial charge in [-0.05, 0) is 68.2 Å². The van der Waals surface area contributed by atoms with Gasteiger partial charge in [0, 0.05) is 37.2 Å². The highest BCUT2D eigenvalue weighted by atomic mass is 16.3. The fourth-order valence-electron chi connectivity index (χ4n) is 9.91. The van der Waals surface area contributed by atoms with Gasteiger partial charge in [0.1, 0.15) is 5.75 Å². The number of aromatic hydroxyl groups is 1. The monoisotopic (exact) mass is 669 g/mol. The van der Waals surface area contributed by atoms with Crippen molar-refractivity contribution in [2.24, 2.45) is 29.1 Å². The zero-order valence-corrected chi connectivity index (χ0v) is 28.4. The molecule has 4 fully saturated rings. The van der Waals surface area contributed by atoms with Crippen LogP contribution in [-0.2, 0) is 32.1 Å². The number of fused-ring (bicyclic) bond motifs is 4. The van der Waals surface area contributed by atoms with Crippen molar-refractivity contribution in [3.05, 3.63) is 120 Å². The maximum absolute atomic E-state index is 14.6. The van der Waals surface area contributed by atoms with E-state index in [0.717, 1.165) is 38.0 Å². The van der Waals surface area contributed by atoms with Crippen LogP contribution < -0.4 is 4.90 Å². The van der Waals surface area contributed by atoms with Crippen molar-refractivity contribution in [2.75, 3.05) is 18.0 Å². The highest BCUT2D eigenvalue weighted by Crippen LogP contribution is 2.64. The highest BCUT2D eigenvalue weighted by Gasteiger charge is 2.68. The van der Waals surface area contributed by atoms with Crippen LogP contribution in [0.25, 0.3) is 0 Å². The summed E-state index contributed by atoms with van der Waals surface area (Å²) in [4.78, 5) is 63.0. The number of carbonyl (C=O) groups excluding carboxylic acids is 4. The number of carbonyl (C=O) groups is 4. The molecule has 8 nitrogen and oxygen atoms in total. The Morgan fingerprint density at radius 2 is 1.56 bits per heavy atom. The summed E-state index contributed by atoms with van der Waals surface area (Å²) in [5, 5.41) is 11.7. The Morgan fingerprint density at radius 1 is 0.860 bits per heavy atom. The van der Waals surface area contributed by atoms with E-state index in [1.54, 1.807) is 35.2 Å². The summed E-state index contributed by atoms with van der Waals surface area (Å²) in [5.41, 5.74) is 2.68. The van der Waals surface area contributed by atoms with Gasteiger partial charge in [0.15, 0.2) is 0 Å². The second-order valence-corrected chi connectivity index (χ2v) is 14.9. The maximum Gasteiger partial charge on any atom is 0.241 e. The number of para-hydroxylation sites is 2. The summed E-state index contributed by atoms with van der Waals surface area (Å²) >= 11 is 0. The quantitative estimate of drug-likeness (QED) is 0.244. The van der Waals surface area contributed by atoms with Crippen LogP contribution in [0, 0.1) is 29.1 Å². The Morgan fingerprint density at radius 3 is 2.26 bits per heavy atom. The Kier molecular flexibility index (Phi) is 8.10. The number of anilines is 1. The molecule has 3 aromatic rings. The number of amides is 4. The molecule has 0 aromatic heterocycles. The maximum atomic E-state index is 14.6. The van der Waals surface area contributed by atoms with Gasteiger partial charge in [0.25, 0.3) is 0 Å². The third-order valence-electron chi connectivity index (χ3n) is 12.3. The zero-order chi connectivity index (χ0) is 34.7. The molecule has 50 heavy (non-hydrogen) atoms. The Balaban J connectivity index is 1.14.